The zero-order valence-corrected chi connectivity index (χ0v) is 9.38. The lowest BCUT2D eigenvalue weighted by Crippen LogP contribution is -2.07. The number of fused-ring (bicyclic) bond motifs is 1. The minimum absolute atomic E-state index is 0.0135. The van der Waals surface area contributed by atoms with Crippen molar-refractivity contribution in [2.45, 2.75) is 18.9 Å². The van der Waals surface area contributed by atoms with Gasteiger partial charge in [-0.25, -0.2) is 13.9 Å². The van der Waals surface area contributed by atoms with Gasteiger partial charge < -0.3 is 5.11 Å². The molecule has 1 aromatic carbocycles. The second-order valence-electron chi connectivity index (χ2n) is 4.24. The van der Waals surface area contributed by atoms with Gasteiger partial charge in [0.15, 0.2) is 5.69 Å². The summed E-state index contributed by atoms with van der Waals surface area (Å²) >= 11 is 0. The van der Waals surface area contributed by atoms with E-state index in [2.05, 4.69) is 10.3 Å². The summed E-state index contributed by atoms with van der Waals surface area (Å²) in [6.07, 6.45) is 1.38. The summed E-state index contributed by atoms with van der Waals surface area (Å²) in [6.45, 7) is 0. The first kappa shape index (κ1) is 10.9. The number of carbonyl (C=O) groups is 1. The summed E-state index contributed by atoms with van der Waals surface area (Å²) in [7, 11) is 0. The zero-order chi connectivity index (χ0) is 12.7. The van der Waals surface area contributed by atoms with E-state index in [9.17, 15) is 9.18 Å². The van der Waals surface area contributed by atoms with Crippen LogP contribution in [0, 0.1) is 5.82 Å². The summed E-state index contributed by atoms with van der Waals surface area (Å²) in [5.74, 6) is -1.35. The molecule has 0 spiro atoms. The highest BCUT2D eigenvalue weighted by atomic mass is 19.1. The molecular weight excluding hydrogens is 237 g/mol. The van der Waals surface area contributed by atoms with Gasteiger partial charge >= 0.3 is 5.97 Å². The van der Waals surface area contributed by atoms with Crippen molar-refractivity contribution in [1.29, 1.82) is 0 Å². The number of benzene rings is 1. The van der Waals surface area contributed by atoms with Gasteiger partial charge in [0.2, 0.25) is 0 Å². The van der Waals surface area contributed by atoms with Gasteiger partial charge in [-0.1, -0.05) is 17.3 Å². The van der Waals surface area contributed by atoms with Crippen LogP contribution in [0.5, 0.6) is 0 Å². The molecule has 0 bridgehead atoms. The average Bonchev–Trinajstić information content (AvgIpc) is 2.90. The van der Waals surface area contributed by atoms with Crippen molar-refractivity contribution < 1.29 is 14.3 Å². The number of aromatic carboxylic acids is 1. The van der Waals surface area contributed by atoms with Crippen LogP contribution in [0.1, 0.15) is 34.2 Å². The van der Waals surface area contributed by atoms with Crippen LogP contribution in [0.4, 0.5) is 4.39 Å². The SMILES string of the molecule is O=C(O)c1nnn2c1CCC2c1ccc(F)cc1. The molecule has 6 heteroatoms. The molecule has 1 aromatic heterocycles. The van der Waals surface area contributed by atoms with Gasteiger partial charge in [-0.15, -0.1) is 5.10 Å². The lowest BCUT2D eigenvalue weighted by Gasteiger charge is -2.11. The summed E-state index contributed by atoms with van der Waals surface area (Å²) in [5, 5.41) is 16.5. The molecule has 3 rings (SSSR count). The van der Waals surface area contributed by atoms with Crippen LogP contribution in [-0.4, -0.2) is 26.1 Å². The third kappa shape index (κ3) is 1.57. The third-order valence-electron chi connectivity index (χ3n) is 3.20. The number of hydrogen-bond acceptors (Lipinski definition) is 3. The molecule has 18 heavy (non-hydrogen) atoms. The molecule has 0 saturated carbocycles. The van der Waals surface area contributed by atoms with E-state index in [1.807, 2.05) is 0 Å². The second kappa shape index (κ2) is 3.90. The van der Waals surface area contributed by atoms with Crippen LogP contribution in [0.25, 0.3) is 0 Å². The summed E-state index contributed by atoms with van der Waals surface area (Å²) < 4.78 is 14.5. The number of rotatable bonds is 2. The Morgan fingerprint density at radius 1 is 1.39 bits per heavy atom. The van der Waals surface area contributed by atoms with Crippen molar-refractivity contribution in [2.75, 3.05) is 0 Å². The van der Waals surface area contributed by atoms with E-state index >= 15 is 0 Å². The molecule has 92 valence electrons. The maximum absolute atomic E-state index is 12.9. The van der Waals surface area contributed by atoms with Crippen LogP contribution in [-0.2, 0) is 6.42 Å². The Morgan fingerprint density at radius 2 is 2.11 bits per heavy atom. The van der Waals surface area contributed by atoms with E-state index in [0.29, 0.717) is 12.1 Å². The van der Waals surface area contributed by atoms with Crippen LogP contribution in [0.15, 0.2) is 24.3 Å². The fourth-order valence-corrected chi connectivity index (χ4v) is 2.35. The van der Waals surface area contributed by atoms with Crippen molar-refractivity contribution in [3.63, 3.8) is 0 Å². The third-order valence-corrected chi connectivity index (χ3v) is 3.20. The van der Waals surface area contributed by atoms with Crippen LogP contribution in [0.3, 0.4) is 0 Å². The molecule has 1 aliphatic heterocycles. The van der Waals surface area contributed by atoms with Crippen molar-refractivity contribution in [3.05, 3.63) is 47.0 Å². The minimum atomic E-state index is -1.06. The predicted octanol–water partition coefficient (Wildman–Crippen LogP) is 1.65. The number of carboxylic acid groups (broad SMARTS) is 1. The molecule has 2 aromatic rings. The molecule has 1 aliphatic rings. The first-order valence-corrected chi connectivity index (χ1v) is 5.59. The molecule has 0 amide bonds. The van der Waals surface area contributed by atoms with Gasteiger partial charge in [0, 0.05) is 0 Å². The van der Waals surface area contributed by atoms with Gasteiger partial charge in [0.25, 0.3) is 0 Å². The van der Waals surface area contributed by atoms with E-state index in [-0.39, 0.29) is 17.6 Å². The quantitative estimate of drug-likeness (QED) is 0.876. The number of aromatic nitrogens is 3. The molecule has 5 nitrogen and oxygen atoms in total. The topological polar surface area (TPSA) is 68.0 Å². The Balaban J connectivity index is 2.00. The number of halogens is 1. The molecule has 1 unspecified atom stereocenters. The van der Waals surface area contributed by atoms with Gasteiger partial charge in [-0.05, 0) is 30.5 Å². The Morgan fingerprint density at radius 3 is 2.78 bits per heavy atom. The summed E-state index contributed by atoms with van der Waals surface area (Å²) in [6, 6.07) is 6.11. The maximum atomic E-state index is 12.9. The smallest absolute Gasteiger partial charge is 0.358 e. The van der Waals surface area contributed by atoms with Crippen LogP contribution < -0.4 is 0 Å². The van der Waals surface area contributed by atoms with Crippen LogP contribution >= 0.6 is 0 Å². The Hall–Kier alpha value is -2.24. The molecule has 0 radical (unpaired) electrons. The number of carboxylic acids is 1. The number of nitrogens with zero attached hydrogens (tertiary/aromatic N) is 3. The van der Waals surface area contributed by atoms with Gasteiger partial charge in [0.05, 0.1) is 11.7 Å². The van der Waals surface area contributed by atoms with E-state index in [1.165, 1.54) is 12.1 Å². The number of hydrogen-bond donors (Lipinski definition) is 1. The van der Waals surface area contributed by atoms with E-state index in [0.717, 1.165) is 12.0 Å². The predicted molar refractivity (Wildman–Crippen MR) is 59.8 cm³/mol. The Labute approximate surface area is 102 Å². The summed E-state index contributed by atoms with van der Waals surface area (Å²) in [4.78, 5) is 10.9. The van der Waals surface area contributed by atoms with Crippen molar-refractivity contribution in [3.8, 4) is 0 Å². The molecule has 2 heterocycles. The van der Waals surface area contributed by atoms with E-state index in [1.54, 1.807) is 16.8 Å². The minimum Gasteiger partial charge on any atom is -0.476 e. The Kier molecular flexibility index (Phi) is 2.36. The molecule has 1 atom stereocenters. The molecular formula is C12H10FN3O2. The second-order valence-corrected chi connectivity index (χ2v) is 4.24. The molecule has 1 N–H and O–H groups in total. The normalized spacial score (nSPS) is 17.7. The fraction of sp³-hybridized carbons (Fsp3) is 0.250. The molecule has 0 aliphatic carbocycles. The van der Waals surface area contributed by atoms with E-state index < -0.39 is 5.97 Å². The lowest BCUT2D eigenvalue weighted by atomic mass is 10.0. The van der Waals surface area contributed by atoms with Gasteiger partial charge in [0.1, 0.15) is 5.82 Å². The lowest BCUT2D eigenvalue weighted by molar-refractivity contribution is 0.0689. The first-order valence-electron chi connectivity index (χ1n) is 5.59. The van der Waals surface area contributed by atoms with Crippen molar-refractivity contribution >= 4 is 5.97 Å². The molecule has 0 saturated heterocycles. The van der Waals surface area contributed by atoms with Crippen molar-refractivity contribution in [2.24, 2.45) is 0 Å². The van der Waals surface area contributed by atoms with Gasteiger partial charge in [-0.3, -0.25) is 0 Å². The molecule has 0 fully saturated rings. The highest BCUT2D eigenvalue weighted by Crippen LogP contribution is 2.31. The highest BCUT2D eigenvalue weighted by Gasteiger charge is 2.30. The summed E-state index contributed by atoms with van der Waals surface area (Å²) in [5.41, 5.74) is 1.56. The Bertz CT molecular complexity index is 606. The monoisotopic (exact) mass is 247 g/mol. The highest BCUT2D eigenvalue weighted by molar-refractivity contribution is 5.86. The van der Waals surface area contributed by atoms with E-state index in [4.69, 9.17) is 5.11 Å². The first-order chi connectivity index (χ1) is 8.66. The van der Waals surface area contributed by atoms with Gasteiger partial charge in [-0.2, -0.15) is 0 Å². The fourth-order valence-electron chi connectivity index (χ4n) is 2.35. The largest absolute Gasteiger partial charge is 0.476 e. The van der Waals surface area contributed by atoms with Crippen molar-refractivity contribution in [1.82, 2.24) is 15.0 Å². The average molecular weight is 247 g/mol. The zero-order valence-electron chi connectivity index (χ0n) is 9.38. The standard InChI is InChI=1S/C12H10FN3O2/c13-8-3-1-7(2-4-8)9-5-6-10-11(12(17)18)14-15-16(9)10/h1-4,9H,5-6H2,(H,17,18). The van der Waals surface area contributed by atoms with Crippen LogP contribution in [0.2, 0.25) is 0 Å². The maximum Gasteiger partial charge on any atom is 0.358 e.